The molecule has 0 aromatic rings. The third-order valence-electron chi connectivity index (χ3n) is 3.47. The van der Waals surface area contributed by atoms with Crippen LogP contribution in [0.15, 0.2) is 12.2 Å². The lowest BCUT2D eigenvalue weighted by atomic mass is 10.1. The van der Waals surface area contributed by atoms with E-state index in [1.807, 2.05) is 0 Å². The molecule has 0 aromatic heterocycles. The van der Waals surface area contributed by atoms with Crippen molar-refractivity contribution in [3.63, 3.8) is 0 Å². The molecule has 0 radical (unpaired) electrons. The monoisotopic (exact) mass is 314 g/mol. The van der Waals surface area contributed by atoms with Gasteiger partial charge in [-0.15, -0.1) is 0 Å². The van der Waals surface area contributed by atoms with E-state index < -0.39 is 6.29 Å². The zero-order valence-corrected chi connectivity index (χ0v) is 13.9. The summed E-state index contributed by atoms with van der Waals surface area (Å²) >= 11 is 0. The molecule has 0 amide bonds. The van der Waals surface area contributed by atoms with E-state index in [2.05, 4.69) is 9.47 Å². The number of methoxy groups -OCH3 is 2. The number of aliphatic hydroxyl groups excluding tert-OH is 1. The number of esters is 1. The average molecular weight is 314 g/mol. The molecule has 0 aliphatic rings. The number of carbonyl (C=O) groups excluding carboxylic acids is 2. The second-order valence-corrected chi connectivity index (χ2v) is 5.36. The first-order valence-corrected chi connectivity index (χ1v) is 8.09. The maximum atomic E-state index is 11.5. The molecule has 1 atom stereocenters. The number of unbranched alkanes of at least 4 members (excludes halogenated alkanes) is 7. The van der Waals surface area contributed by atoms with Gasteiger partial charge in [-0.05, 0) is 25.0 Å². The summed E-state index contributed by atoms with van der Waals surface area (Å²) in [6, 6.07) is 0. The smallest absolute Gasteiger partial charge is 0.305 e. The first-order valence-electron chi connectivity index (χ1n) is 8.09. The normalized spacial score (nSPS) is 12.5. The van der Waals surface area contributed by atoms with Gasteiger partial charge in [0.15, 0.2) is 12.1 Å². The van der Waals surface area contributed by atoms with E-state index in [0.717, 1.165) is 38.5 Å². The molecule has 0 saturated heterocycles. The number of ketones is 1. The van der Waals surface area contributed by atoms with Crippen LogP contribution < -0.4 is 0 Å². The number of ether oxygens (including phenoxy) is 2. The average Bonchev–Trinajstić information content (AvgIpc) is 2.53. The van der Waals surface area contributed by atoms with E-state index in [4.69, 9.17) is 5.11 Å². The van der Waals surface area contributed by atoms with Crippen molar-refractivity contribution in [2.75, 3.05) is 14.2 Å². The Labute approximate surface area is 133 Å². The number of hydrogen-bond donors (Lipinski definition) is 1. The Morgan fingerprint density at radius 1 is 0.909 bits per heavy atom. The quantitative estimate of drug-likeness (QED) is 0.231. The van der Waals surface area contributed by atoms with Gasteiger partial charge in [0.2, 0.25) is 0 Å². The zero-order chi connectivity index (χ0) is 16.6. The van der Waals surface area contributed by atoms with Crippen LogP contribution in [0, 0.1) is 0 Å². The van der Waals surface area contributed by atoms with E-state index in [1.54, 1.807) is 0 Å². The predicted octanol–water partition coefficient (Wildman–Crippen LogP) is 3.15. The fourth-order valence-corrected chi connectivity index (χ4v) is 2.08. The highest BCUT2D eigenvalue weighted by Crippen LogP contribution is 2.11. The van der Waals surface area contributed by atoms with E-state index >= 15 is 0 Å². The number of allylic oxidation sites excluding steroid dienone is 1. The largest absolute Gasteiger partial charge is 0.469 e. The van der Waals surface area contributed by atoms with Crippen molar-refractivity contribution < 1.29 is 24.2 Å². The molecule has 0 saturated carbocycles. The highest BCUT2D eigenvalue weighted by Gasteiger charge is 2.01. The summed E-state index contributed by atoms with van der Waals surface area (Å²) < 4.78 is 9.19. The summed E-state index contributed by atoms with van der Waals surface area (Å²) in [5, 5.41) is 9.09. The summed E-state index contributed by atoms with van der Waals surface area (Å²) in [5.74, 6) is -0.101. The second kappa shape index (κ2) is 14.7. The topological polar surface area (TPSA) is 72.8 Å². The van der Waals surface area contributed by atoms with Gasteiger partial charge in [0.1, 0.15) is 0 Å². The molecule has 0 spiro atoms. The minimum absolute atomic E-state index is 0.0268. The van der Waals surface area contributed by atoms with Crippen molar-refractivity contribution in [3.05, 3.63) is 12.2 Å². The van der Waals surface area contributed by atoms with Crippen molar-refractivity contribution in [1.29, 1.82) is 0 Å². The third-order valence-corrected chi connectivity index (χ3v) is 3.47. The van der Waals surface area contributed by atoms with Crippen LogP contribution in [0.1, 0.15) is 64.2 Å². The fraction of sp³-hybridized carbons (Fsp3) is 0.765. The predicted molar refractivity (Wildman–Crippen MR) is 85.3 cm³/mol. The number of hydrogen-bond acceptors (Lipinski definition) is 5. The van der Waals surface area contributed by atoms with E-state index in [-0.39, 0.29) is 11.8 Å². The molecule has 0 rings (SSSR count). The van der Waals surface area contributed by atoms with Crippen LogP contribution in [-0.2, 0) is 19.1 Å². The van der Waals surface area contributed by atoms with E-state index in [0.29, 0.717) is 12.8 Å². The van der Waals surface area contributed by atoms with E-state index in [9.17, 15) is 9.59 Å². The van der Waals surface area contributed by atoms with Gasteiger partial charge in [0.25, 0.3) is 0 Å². The van der Waals surface area contributed by atoms with Crippen LogP contribution in [-0.4, -0.2) is 37.4 Å². The highest BCUT2D eigenvalue weighted by atomic mass is 16.6. The molecule has 0 fully saturated rings. The summed E-state index contributed by atoms with van der Waals surface area (Å²) in [4.78, 5) is 22.4. The van der Waals surface area contributed by atoms with Crippen LogP contribution in [0.3, 0.4) is 0 Å². The van der Waals surface area contributed by atoms with Gasteiger partial charge in [-0.1, -0.05) is 38.5 Å². The summed E-state index contributed by atoms with van der Waals surface area (Å²) in [6.07, 6.45) is 11.3. The van der Waals surface area contributed by atoms with Crippen LogP contribution in [0.25, 0.3) is 0 Å². The Hall–Kier alpha value is -1.20. The van der Waals surface area contributed by atoms with Crippen molar-refractivity contribution in [2.45, 2.75) is 70.5 Å². The number of aliphatic hydroxyl groups is 1. The van der Waals surface area contributed by atoms with Crippen molar-refractivity contribution in [3.8, 4) is 0 Å². The first-order chi connectivity index (χ1) is 10.6. The molecule has 5 nitrogen and oxygen atoms in total. The Bertz CT molecular complexity index is 325. The summed E-state index contributed by atoms with van der Waals surface area (Å²) in [7, 11) is 2.80. The minimum Gasteiger partial charge on any atom is -0.469 e. The third kappa shape index (κ3) is 13.8. The van der Waals surface area contributed by atoms with Crippen molar-refractivity contribution >= 4 is 11.8 Å². The zero-order valence-electron chi connectivity index (χ0n) is 13.9. The van der Waals surface area contributed by atoms with Gasteiger partial charge in [0, 0.05) is 20.0 Å². The molecule has 0 heterocycles. The lowest BCUT2D eigenvalue weighted by molar-refractivity contribution is -0.140. The maximum absolute atomic E-state index is 11.5. The molecular formula is C17H30O5. The maximum Gasteiger partial charge on any atom is 0.305 e. The fourth-order valence-electron chi connectivity index (χ4n) is 2.08. The Balaban J connectivity index is 3.31. The lowest BCUT2D eigenvalue weighted by Crippen LogP contribution is -2.05. The van der Waals surface area contributed by atoms with Crippen molar-refractivity contribution in [2.24, 2.45) is 0 Å². The highest BCUT2D eigenvalue weighted by molar-refractivity contribution is 5.89. The van der Waals surface area contributed by atoms with Crippen LogP contribution >= 0.6 is 0 Å². The molecule has 5 heteroatoms. The first kappa shape index (κ1) is 20.8. The van der Waals surface area contributed by atoms with Gasteiger partial charge >= 0.3 is 5.97 Å². The van der Waals surface area contributed by atoms with Gasteiger partial charge in [-0.2, -0.15) is 0 Å². The molecule has 1 unspecified atom stereocenters. The van der Waals surface area contributed by atoms with Crippen molar-refractivity contribution in [1.82, 2.24) is 0 Å². The Morgan fingerprint density at radius 2 is 1.41 bits per heavy atom. The standard InChI is InChI=1S/C17H30O5/c1-21-16(19)12-10-8-6-4-3-5-7-9-11-15(18)13-14-17(20)22-2/h13-14,17,20H,3-12H2,1-2H3/b14-13+. The minimum atomic E-state index is -0.997. The van der Waals surface area contributed by atoms with Gasteiger partial charge in [0.05, 0.1) is 7.11 Å². The Morgan fingerprint density at radius 3 is 1.91 bits per heavy atom. The van der Waals surface area contributed by atoms with Gasteiger partial charge in [-0.3, -0.25) is 9.59 Å². The summed E-state index contributed by atoms with van der Waals surface area (Å²) in [6.45, 7) is 0. The molecule has 0 aliphatic heterocycles. The molecule has 0 aliphatic carbocycles. The molecule has 0 bridgehead atoms. The molecule has 0 aromatic carbocycles. The Kier molecular flexibility index (Phi) is 13.9. The molecule has 128 valence electrons. The lowest BCUT2D eigenvalue weighted by Gasteiger charge is -2.02. The van der Waals surface area contributed by atoms with Gasteiger partial charge in [-0.25, -0.2) is 0 Å². The number of rotatable bonds is 14. The SMILES string of the molecule is COC(=O)CCCCCCCCCCC(=O)/C=C/C(O)OC. The summed E-state index contributed by atoms with van der Waals surface area (Å²) in [5.41, 5.74) is 0. The second-order valence-electron chi connectivity index (χ2n) is 5.36. The molecular weight excluding hydrogens is 284 g/mol. The van der Waals surface area contributed by atoms with E-state index in [1.165, 1.54) is 39.2 Å². The molecule has 1 N–H and O–H groups in total. The van der Waals surface area contributed by atoms with Crippen LogP contribution in [0.5, 0.6) is 0 Å². The van der Waals surface area contributed by atoms with Crippen LogP contribution in [0.2, 0.25) is 0 Å². The molecule has 22 heavy (non-hydrogen) atoms. The van der Waals surface area contributed by atoms with Gasteiger partial charge < -0.3 is 14.6 Å². The number of carbonyl (C=O) groups is 2. The van der Waals surface area contributed by atoms with Crippen LogP contribution in [0.4, 0.5) is 0 Å².